The van der Waals surface area contributed by atoms with Crippen LogP contribution in [0.4, 0.5) is 0 Å². The van der Waals surface area contributed by atoms with E-state index in [1.807, 2.05) is 21.1 Å². The van der Waals surface area contributed by atoms with E-state index < -0.39 is 24.3 Å². The molecule has 0 aromatic carbocycles. The highest BCUT2D eigenvalue weighted by atomic mass is 16.7. The number of carbonyl (C=O) groups excluding carboxylic acids is 3. The Hall–Kier alpha value is -1.97. The van der Waals surface area contributed by atoms with Crippen LogP contribution in [0.3, 0.4) is 0 Å². The van der Waals surface area contributed by atoms with Gasteiger partial charge < -0.3 is 33.3 Å². The summed E-state index contributed by atoms with van der Waals surface area (Å²) in [6, 6.07) is 0. The number of carboxylic acids is 1. The van der Waals surface area contributed by atoms with E-state index in [0.29, 0.717) is 23.9 Å². The van der Waals surface area contributed by atoms with E-state index in [4.69, 9.17) is 18.9 Å². The number of rotatable bonds is 58. The Balaban J connectivity index is 4.07. The maximum Gasteiger partial charge on any atom is 0.306 e. The number of unbranched alkanes of at least 4 members (excludes halogenated alkanes) is 41. The average molecular weight is 1010 g/mol. The van der Waals surface area contributed by atoms with E-state index in [1.165, 1.54) is 225 Å². The largest absolute Gasteiger partial charge is 0.545 e. The molecule has 0 aromatic heterocycles. The van der Waals surface area contributed by atoms with Gasteiger partial charge in [-0.2, -0.15) is 0 Å². The fraction of sp³-hybridized carbons (Fsp3) is 0.919. The minimum Gasteiger partial charge on any atom is -0.545 e. The standard InChI is InChI=1S/C62H119NO8/c1-6-8-10-12-14-16-18-20-22-24-25-26-27-28-29-30-31-32-33-34-35-36-37-39-40-42-44-46-48-50-52-59(64)69-56-58(57-70-62(61(66)67)68-55-54-63(3,4)5)71-60(65)53-51-49-47-45-43-41-38-23-21-19-17-15-13-11-9-7-2/h23,38,58,62H,6-22,24-37,39-57H2,1-5H3/b38-23-. The van der Waals surface area contributed by atoms with Gasteiger partial charge in [0.2, 0.25) is 0 Å². The quantitative estimate of drug-likeness (QED) is 0.0195. The minimum atomic E-state index is -1.62. The van der Waals surface area contributed by atoms with Crippen LogP contribution >= 0.6 is 0 Å². The van der Waals surface area contributed by atoms with Crippen LogP contribution in [0.15, 0.2) is 12.2 Å². The van der Waals surface area contributed by atoms with Crippen molar-refractivity contribution in [2.75, 3.05) is 47.5 Å². The Kier molecular flexibility index (Phi) is 52.8. The zero-order valence-corrected chi connectivity index (χ0v) is 47.9. The summed E-state index contributed by atoms with van der Waals surface area (Å²) >= 11 is 0. The van der Waals surface area contributed by atoms with Gasteiger partial charge >= 0.3 is 11.9 Å². The molecule has 0 radical (unpaired) electrons. The van der Waals surface area contributed by atoms with Gasteiger partial charge in [0.25, 0.3) is 0 Å². The van der Waals surface area contributed by atoms with Crippen molar-refractivity contribution in [3.05, 3.63) is 12.2 Å². The number of carbonyl (C=O) groups is 3. The molecule has 0 saturated carbocycles. The van der Waals surface area contributed by atoms with Gasteiger partial charge in [0, 0.05) is 12.8 Å². The molecule has 0 saturated heterocycles. The number of hydrogen-bond acceptors (Lipinski definition) is 8. The molecule has 0 amide bonds. The molecule has 0 aliphatic heterocycles. The highest BCUT2D eigenvalue weighted by molar-refractivity contribution is 5.70. The Morgan fingerprint density at radius 1 is 0.408 bits per heavy atom. The third kappa shape index (κ3) is 55.6. The van der Waals surface area contributed by atoms with Gasteiger partial charge in [-0.25, -0.2) is 0 Å². The van der Waals surface area contributed by atoms with Crippen molar-refractivity contribution < 1.29 is 42.9 Å². The molecule has 2 atom stereocenters. The predicted molar refractivity (Wildman–Crippen MR) is 297 cm³/mol. The summed E-state index contributed by atoms with van der Waals surface area (Å²) in [5, 5.41) is 11.8. The van der Waals surface area contributed by atoms with Crippen molar-refractivity contribution in [2.24, 2.45) is 0 Å². The van der Waals surface area contributed by atoms with Crippen LogP contribution in [-0.4, -0.2) is 82.3 Å². The molecule has 0 aromatic rings. The maximum atomic E-state index is 12.8. The summed E-state index contributed by atoms with van der Waals surface area (Å²) in [5.74, 6) is -2.27. The molecule has 0 fully saturated rings. The molecule has 0 N–H and O–H groups in total. The number of allylic oxidation sites excluding steroid dienone is 2. The van der Waals surface area contributed by atoms with Crippen LogP contribution in [0, 0.1) is 0 Å². The monoisotopic (exact) mass is 1010 g/mol. The highest BCUT2D eigenvalue weighted by Gasteiger charge is 2.22. The number of hydrogen-bond donors (Lipinski definition) is 0. The first kappa shape index (κ1) is 69.0. The average Bonchev–Trinajstić information content (AvgIpc) is 3.34. The second-order valence-electron chi connectivity index (χ2n) is 22.4. The molecule has 0 aliphatic rings. The van der Waals surface area contributed by atoms with Crippen LogP contribution in [0.5, 0.6) is 0 Å². The first-order chi connectivity index (χ1) is 34.6. The summed E-state index contributed by atoms with van der Waals surface area (Å²) in [5.41, 5.74) is 0. The molecule has 9 heteroatoms. The third-order valence-corrected chi connectivity index (χ3v) is 14.0. The maximum absolute atomic E-state index is 12.8. The number of aliphatic carboxylic acids is 1. The summed E-state index contributed by atoms with van der Waals surface area (Å²) in [4.78, 5) is 37.3. The number of nitrogens with zero attached hydrogens (tertiary/aromatic N) is 1. The van der Waals surface area contributed by atoms with Gasteiger partial charge in [-0.1, -0.05) is 270 Å². The van der Waals surface area contributed by atoms with Crippen LogP contribution in [-0.2, 0) is 33.3 Å². The number of carboxylic acid groups (broad SMARTS) is 1. The van der Waals surface area contributed by atoms with Gasteiger partial charge in [0.1, 0.15) is 13.2 Å². The molecular formula is C62H119NO8. The zero-order chi connectivity index (χ0) is 52.0. The minimum absolute atomic E-state index is 0.150. The molecule has 9 nitrogen and oxygen atoms in total. The van der Waals surface area contributed by atoms with E-state index in [1.54, 1.807) is 0 Å². The molecule has 0 bridgehead atoms. The predicted octanol–water partition coefficient (Wildman–Crippen LogP) is 16.8. The molecule has 420 valence electrons. The van der Waals surface area contributed by atoms with Crippen LogP contribution in [0.25, 0.3) is 0 Å². The van der Waals surface area contributed by atoms with E-state index in [-0.39, 0.29) is 32.2 Å². The SMILES string of the molecule is CCCCCCCCC/C=C\CCCCCCCC(=O)OC(COC(=O)CCCCCCCCCCCCCCCCCCCCCCCCCCCCCCCC)COC(OCC[N+](C)(C)C)C(=O)[O-]. The number of quaternary nitrogens is 1. The Bertz CT molecular complexity index is 1170. The van der Waals surface area contributed by atoms with Crippen LogP contribution in [0.1, 0.15) is 309 Å². The van der Waals surface area contributed by atoms with Gasteiger partial charge in [-0.15, -0.1) is 0 Å². The van der Waals surface area contributed by atoms with Crippen LogP contribution in [0.2, 0.25) is 0 Å². The smallest absolute Gasteiger partial charge is 0.306 e. The third-order valence-electron chi connectivity index (χ3n) is 14.0. The second-order valence-corrected chi connectivity index (χ2v) is 22.4. The molecule has 0 rings (SSSR count). The number of likely N-dealkylation sites (N-methyl/N-ethyl adjacent to an activating group) is 1. The molecule has 0 aliphatic carbocycles. The normalized spacial score (nSPS) is 12.7. The summed E-state index contributed by atoms with van der Waals surface area (Å²) in [6.45, 7) is 4.79. The second kappa shape index (κ2) is 54.3. The molecular weight excluding hydrogens is 887 g/mol. The van der Waals surface area contributed by atoms with Crippen molar-refractivity contribution in [3.63, 3.8) is 0 Å². The van der Waals surface area contributed by atoms with Gasteiger partial charge in [0.05, 0.1) is 40.3 Å². The van der Waals surface area contributed by atoms with Crippen molar-refractivity contribution in [2.45, 2.75) is 322 Å². The van der Waals surface area contributed by atoms with Crippen molar-refractivity contribution >= 4 is 17.9 Å². The van der Waals surface area contributed by atoms with Crippen molar-refractivity contribution in [1.82, 2.24) is 0 Å². The number of esters is 2. The Labute approximate surface area is 440 Å². The Morgan fingerprint density at radius 2 is 0.718 bits per heavy atom. The van der Waals surface area contributed by atoms with E-state index >= 15 is 0 Å². The lowest BCUT2D eigenvalue weighted by molar-refractivity contribution is -0.870. The molecule has 0 spiro atoms. The van der Waals surface area contributed by atoms with Gasteiger partial charge in [-0.05, 0) is 38.5 Å². The topological polar surface area (TPSA) is 111 Å². The highest BCUT2D eigenvalue weighted by Crippen LogP contribution is 2.18. The number of ether oxygens (including phenoxy) is 4. The van der Waals surface area contributed by atoms with E-state index in [2.05, 4.69) is 26.0 Å². The Morgan fingerprint density at radius 3 is 1.04 bits per heavy atom. The van der Waals surface area contributed by atoms with E-state index in [0.717, 1.165) is 51.4 Å². The van der Waals surface area contributed by atoms with Crippen molar-refractivity contribution in [3.8, 4) is 0 Å². The molecule has 0 heterocycles. The lowest BCUT2D eigenvalue weighted by Gasteiger charge is -2.26. The fourth-order valence-corrected chi connectivity index (χ4v) is 9.24. The van der Waals surface area contributed by atoms with E-state index in [9.17, 15) is 19.5 Å². The zero-order valence-electron chi connectivity index (χ0n) is 47.9. The summed E-state index contributed by atoms with van der Waals surface area (Å²) in [6.07, 6.45) is 60.0. The van der Waals surface area contributed by atoms with Gasteiger partial charge in [0.15, 0.2) is 12.4 Å². The van der Waals surface area contributed by atoms with Crippen molar-refractivity contribution in [1.29, 1.82) is 0 Å². The lowest BCUT2D eigenvalue weighted by Crippen LogP contribution is -2.44. The summed E-state index contributed by atoms with van der Waals surface area (Å²) in [7, 11) is 5.93. The molecule has 71 heavy (non-hydrogen) atoms. The van der Waals surface area contributed by atoms with Crippen LogP contribution < -0.4 is 5.11 Å². The lowest BCUT2D eigenvalue weighted by atomic mass is 10.0. The fourth-order valence-electron chi connectivity index (χ4n) is 9.24. The molecule has 2 unspecified atom stereocenters. The van der Waals surface area contributed by atoms with Gasteiger partial charge in [-0.3, -0.25) is 9.59 Å². The first-order valence-corrected chi connectivity index (χ1v) is 30.8. The summed E-state index contributed by atoms with van der Waals surface area (Å²) < 4.78 is 22.7. The first-order valence-electron chi connectivity index (χ1n) is 30.8.